The lowest BCUT2D eigenvalue weighted by atomic mass is 9.85. The van der Waals surface area contributed by atoms with Crippen molar-refractivity contribution >= 4 is 23.5 Å². The van der Waals surface area contributed by atoms with E-state index in [1.807, 2.05) is 13.8 Å². The first-order valence-corrected chi connectivity index (χ1v) is 14.3. The van der Waals surface area contributed by atoms with Gasteiger partial charge in [0.2, 0.25) is 5.78 Å². The van der Waals surface area contributed by atoms with Gasteiger partial charge in [-0.2, -0.15) is 0 Å². The zero-order valence-corrected chi connectivity index (χ0v) is 26.5. The Morgan fingerprint density at radius 2 is 1.91 bits per heavy atom. The molecule has 0 saturated heterocycles. The summed E-state index contributed by atoms with van der Waals surface area (Å²) in [7, 11) is 4.37. The number of carbonyl (C=O) groups excluding carboxylic acids is 3. The van der Waals surface area contributed by atoms with Crippen LogP contribution in [0.3, 0.4) is 0 Å². The van der Waals surface area contributed by atoms with E-state index in [2.05, 4.69) is 17.1 Å². The highest BCUT2D eigenvalue weighted by molar-refractivity contribution is 6.24. The third kappa shape index (κ3) is 9.76. The zero-order valence-electron chi connectivity index (χ0n) is 26.5. The number of nitrogens with two attached hydrogens (primary N) is 1. The number of amides is 2. The van der Waals surface area contributed by atoms with Crippen molar-refractivity contribution in [2.75, 3.05) is 27.9 Å². The summed E-state index contributed by atoms with van der Waals surface area (Å²) in [6, 6.07) is 0. The van der Waals surface area contributed by atoms with Gasteiger partial charge in [-0.25, -0.2) is 4.79 Å². The largest absolute Gasteiger partial charge is 0.494 e. The number of ether oxygens (including phenoxy) is 4. The van der Waals surface area contributed by atoms with Crippen LogP contribution in [0.1, 0.15) is 40.5 Å². The molecular formula is C32H45N3O9. The molecule has 2 bridgehead atoms. The molecule has 2 aliphatic rings. The molecule has 1 heterocycles. The molecule has 0 saturated carbocycles. The maximum atomic E-state index is 13.7. The normalized spacial score (nSPS) is 31.5. The predicted molar refractivity (Wildman–Crippen MR) is 165 cm³/mol. The van der Waals surface area contributed by atoms with Crippen LogP contribution in [0.25, 0.3) is 0 Å². The Balaban J connectivity index is 2.68. The fourth-order valence-electron chi connectivity index (χ4n) is 5.02. The number of ketones is 1. The first kappa shape index (κ1) is 36.2. The van der Waals surface area contributed by atoms with Gasteiger partial charge in [-0.3, -0.25) is 9.59 Å². The van der Waals surface area contributed by atoms with Gasteiger partial charge in [0, 0.05) is 31.3 Å². The second-order valence-electron chi connectivity index (χ2n) is 10.8. The van der Waals surface area contributed by atoms with Gasteiger partial charge in [0.15, 0.2) is 11.9 Å². The lowest BCUT2D eigenvalue weighted by Gasteiger charge is -2.30. The summed E-state index contributed by atoms with van der Waals surface area (Å²) in [5.74, 6) is -1.36. The first-order chi connectivity index (χ1) is 20.9. The highest BCUT2D eigenvalue weighted by Gasteiger charge is 2.33. The van der Waals surface area contributed by atoms with Crippen LogP contribution in [0.2, 0.25) is 0 Å². The van der Waals surface area contributed by atoms with Crippen LogP contribution < -0.4 is 11.1 Å². The topological polar surface area (TPSA) is 168 Å². The van der Waals surface area contributed by atoms with Crippen molar-refractivity contribution in [3.05, 3.63) is 71.2 Å². The third-order valence-electron chi connectivity index (χ3n) is 7.32. The summed E-state index contributed by atoms with van der Waals surface area (Å²) in [5, 5.41) is 18.1. The van der Waals surface area contributed by atoms with E-state index < -0.39 is 48.1 Å². The van der Waals surface area contributed by atoms with Crippen molar-refractivity contribution in [1.82, 2.24) is 5.32 Å². The molecule has 12 nitrogen and oxygen atoms in total. The number of allylic oxidation sites excluding steroid dienone is 4. The second-order valence-corrected chi connectivity index (χ2v) is 10.8. The van der Waals surface area contributed by atoms with E-state index in [1.54, 1.807) is 32.1 Å². The van der Waals surface area contributed by atoms with Crippen LogP contribution in [0.5, 0.6) is 0 Å². The van der Waals surface area contributed by atoms with E-state index in [0.717, 1.165) is 0 Å². The average Bonchev–Trinajstić information content (AvgIpc) is 2.98. The molecule has 0 aromatic rings. The number of methoxy groups -OCH3 is 3. The van der Waals surface area contributed by atoms with Gasteiger partial charge in [0.1, 0.15) is 18.4 Å². The molecule has 0 fully saturated rings. The summed E-state index contributed by atoms with van der Waals surface area (Å²) in [5.41, 5.74) is 6.74. The molecule has 44 heavy (non-hydrogen) atoms. The molecule has 2 rings (SSSR count). The fourth-order valence-corrected chi connectivity index (χ4v) is 5.02. The fraction of sp³-hybridized carbons (Fsp3) is 0.500. The zero-order chi connectivity index (χ0) is 33.0. The number of hydrogen-bond acceptors (Lipinski definition) is 10. The van der Waals surface area contributed by atoms with E-state index in [9.17, 15) is 19.5 Å². The van der Waals surface area contributed by atoms with Crippen molar-refractivity contribution in [2.45, 2.75) is 65.0 Å². The van der Waals surface area contributed by atoms with Gasteiger partial charge in [0.25, 0.3) is 5.91 Å². The molecule has 12 heteroatoms. The quantitative estimate of drug-likeness (QED) is 0.168. The van der Waals surface area contributed by atoms with Gasteiger partial charge in [-0.05, 0) is 44.3 Å². The van der Waals surface area contributed by atoms with Crippen LogP contribution in [0.4, 0.5) is 4.79 Å². The predicted octanol–water partition coefficient (Wildman–Crippen LogP) is 3.40. The summed E-state index contributed by atoms with van der Waals surface area (Å²) in [4.78, 5) is 43.9. The third-order valence-corrected chi connectivity index (χ3v) is 7.32. The number of hydrogen-bond donors (Lipinski definition) is 3. The lowest BCUT2D eigenvalue weighted by Crippen LogP contribution is -2.37. The molecule has 1 aliphatic heterocycles. The number of nitrogens with zero attached hydrogens (tertiary/aromatic N) is 1. The molecule has 0 aromatic heterocycles. The number of primary amides is 1. The Kier molecular flexibility index (Phi) is 14.3. The Morgan fingerprint density at radius 3 is 2.50 bits per heavy atom. The Hall–Kier alpha value is -4.00. The Morgan fingerprint density at radius 1 is 1.20 bits per heavy atom. The maximum absolute atomic E-state index is 13.7. The molecule has 2 amide bonds. The highest BCUT2D eigenvalue weighted by Crippen LogP contribution is 2.30. The van der Waals surface area contributed by atoms with E-state index in [0.29, 0.717) is 17.6 Å². The van der Waals surface area contributed by atoms with Crippen molar-refractivity contribution in [3.63, 3.8) is 0 Å². The van der Waals surface area contributed by atoms with E-state index in [-0.39, 0.29) is 41.7 Å². The average molecular weight is 616 g/mol. The lowest BCUT2D eigenvalue weighted by molar-refractivity contribution is -0.119. The van der Waals surface area contributed by atoms with Gasteiger partial charge in [-0.15, -0.1) is 0 Å². The molecule has 0 aromatic carbocycles. The molecule has 6 atom stereocenters. The molecule has 1 aliphatic carbocycles. The van der Waals surface area contributed by atoms with Crippen LogP contribution >= 0.6 is 0 Å². The van der Waals surface area contributed by atoms with E-state index in [4.69, 9.17) is 29.5 Å². The number of oxime groups is 1. The molecular weight excluding hydrogens is 570 g/mol. The molecule has 0 radical (unpaired) electrons. The minimum atomic E-state index is -0.994. The van der Waals surface area contributed by atoms with Crippen LogP contribution in [0, 0.1) is 11.8 Å². The number of fused-ring (bicyclic) bond motifs is 2. The van der Waals surface area contributed by atoms with Gasteiger partial charge in [0.05, 0.1) is 25.0 Å². The van der Waals surface area contributed by atoms with Gasteiger partial charge >= 0.3 is 6.09 Å². The van der Waals surface area contributed by atoms with Crippen LogP contribution in [-0.2, 0) is 33.4 Å². The SMILES string of the molecule is C=CCO/N=C1\C=C2NC(=O)/C(C)=C/C=C\[C@H](OC)[C@@H](OC(N)=O)/C(C)=C/[C@H](C)[C@@H](O)[C@@H](OC)C[C@H](C)CC(=C1OC)C2=O. The second kappa shape index (κ2) is 17.3. The summed E-state index contributed by atoms with van der Waals surface area (Å²) >= 11 is 0. The van der Waals surface area contributed by atoms with Gasteiger partial charge < -0.3 is 39.9 Å². The Labute approximate surface area is 258 Å². The number of aliphatic hydroxyl groups is 1. The number of Topliss-reactive ketones (excluding diaryl/α,β-unsaturated/α-hetero) is 1. The summed E-state index contributed by atoms with van der Waals surface area (Å²) in [6.45, 7) is 10.8. The van der Waals surface area contributed by atoms with Crippen molar-refractivity contribution in [1.29, 1.82) is 0 Å². The standard InChI is InChI=1S/C32H45N3O9/c1-9-13-43-35-24-17-23-28(37)22(30(24)42-8)14-18(2)15-26(41-7)27(36)20(4)16-21(5)29(44-32(33)39)25(40-6)12-10-11-19(3)31(38)34-23/h9-12,16-18,20,25-27,29,36H,1,13-15H2,2-8H3,(H2,33,39)(H,34,38)/b12-10-,19-11+,21-16+,35-24+/t18-,20+,25+,26+,27-,29+/m1/s1. The molecule has 242 valence electrons. The maximum Gasteiger partial charge on any atom is 0.405 e. The minimum Gasteiger partial charge on any atom is -0.494 e. The van der Waals surface area contributed by atoms with Gasteiger partial charge in [-0.1, -0.05) is 56.0 Å². The molecule has 4 N–H and O–H groups in total. The van der Waals surface area contributed by atoms with E-state index in [1.165, 1.54) is 39.6 Å². The van der Waals surface area contributed by atoms with Crippen LogP contribution in [0.15, 0.2) is 76.4 Å². The van der Waals surface area contributed by atoms with Crippen LogP contribution in [-0.4, -0.2) is 81.0 Å². The number of carbonyl (C=O) groups is 3. The highest BCUT2D eigenvalue weighted by atomic mass is 16.6. The first-order valence-electron chi connectivity index (χ1n) is 14.3. The van der Waals surface area contributed by atoms with E-state index >= 15 is 0 Å². The van der Waals surface area contributed by atoms with Crippen molar-refractivity contribution in [2.24, 2.45) is 22.7 Å². The monoisotopic (exact) mass is 615 g/mol. The number of rotatable bonds is 7. The summed E-state index contributed by atoms with van der Waals surface area (Å²) < 4.78 is 22.2. The molecule has 0 unspecified atom stereocenters. The summed E-state index contributed by atoms with van der Waals surface area (Å²) in [6.07, 6.45) is 5.77. The number of aliphatic hydroxyl groups excluding tert-OH is 1. The van der Waals surface area contributed by atoms with Crippen molar-refractivity contribution < 1.29 is 43.3 Å². The van der Waals surface area contributed by atoms with Crippen molar-refractivity contribution in [3.8, 4) is 0 Å². The number of nitrogens with one attached hydrogen (secondary N) is 1. The smallest absolute Gasteiger partial charge is 0.405 e. The minimum absolute atomic E-state index is 0.00457. The Bertz CT molecular complexity index is 1260. The molecule has 0 spiro atoms.